The number of ether oxygens (including phenoxy) is 1. The van der Waals surface area contributed by atoms with E-state index in [1.807, 2.05) is 54.6 Å². The van der Waals surface area contributed by atoms with Gasteiger partial charge in [0.1, 0.15) is 18.5 Å². The molecule has 1 aromatic heterocycles. The van der Waals surface area contributed by atoms with Crippen LogP contribution in [0.1, 0.15) is 23.8 Å². The molecular weight excluding hydrogens is 300 g/mol. The summed E-state index contributed by atoms with van der Waals surface area (Å²) in [5, 5.41) is 1.13. The highest BCUT2D eigenvalue weighted by Crippen LogP contribution is 2.23. The molecule has 122 valence electrons. The third-order valence-corrected chi connectivity index (χ3v) is 3.84. The third-order valence-electron chi connectivity index (χ3n) is 3.84. The number of benzene rings is 2. The van der Waals surface area contributed by atoms with Crippen molar-refractivity contribution >= 4 is 10.9 Å². The average molecular weight is 320 g/mol. The van der Waals surface area contributed by atoms with Gasteiger partial charge in [0.25, 0.3) is 0 Å². The second-order valence-corrected chi connectivity index (χ2v) is 5.50. The molecule has 1 heterocycles. The van der Waals surface area contributed by atoms with Crippen molar-refractivity contribution in [3.05, 3.63) is 84.6 Å². The number of fused-ring (bicyclic) bond motifs is 1. The van der Waals surface area contributed by atoms with E-state index in [2.05, 4.69) is 17.6 Å². The van der Waals surface area contributed by atoms with Gasteiger partial charge in [-0.3, -0.25) is 4.84 Å². The van der Waals surface area contributed by atoms with Gasteiger partial charge in [0.15, 0.2) is 0 Å². The smallest absolute Gasteiger partial charge is 0.130 e. The lowest BCUT2D eigenvalue weighted by atomic mass is 10.1. The van der Waals surface area contributed by atoms with Crippen LogP contribution in [0.3, 0.4) is 0 Å². The molecule has 0 aliphatic carbocycles. The Morgan fingerprint density at radius 2 is 1.83 bits per heavy atom. The molecule has 0 spiro atoms. The summed E-state index contributed by atoms with van der Waals surface area (Å²) in [6, 6.07) is 19.8. The predicted molar refractivity (Wildman–Crippen MR) is 95.3 cm³/mol. The van der Waals surface area contributed by atoms with E-state index in [0.717, 1.165) is 27.9 Å². The highest BCUT2D eigenvalue weighted by molar-refractivity contribution is 5.78. The fourth-order valence-corrected chi connectivity index (χ4v) is 2.55. The summed E-state index contributed by atoms with van der Waals surface area (Å²) in [6.07, 6.45) is 2.27. The molecule has 0 amide bonds. The molecule has 0 saturated heterocycles. The number of pyridine rings is 1. The Kier molecular flexibility index (Phi) is 5.21. The Morgan fingerprint density at radius 3 is 2.58 bits per heavy atom. The van der Waals surface area contributed by atoms with Gasteiger partial charge in [-0.15, -0.1) is 6.58 Å². The Hall–Kier alpha value is -2.69. The zero-order valence-electron chi connectivity index (χ0n) is 13.4. The van der Waals surface area contributed by atoms with Gasteiger partial charge < -0.3 is 4.74 Å². The quantitative estimate of drug-likeness (QED) is 0.520. The molecule has 1 unspecified atom stereocenters. The topological polar surface area (TPSA) is 57.4 Å². The molecule has 1 atom stereocenters. The van der Waals surface area contributed by atoms with Gasteiger partial charge in [-0.2, -0.15) is 0 Å². The van der Waals surface area contributed by atoms with Crippen molar-refractivity contribution in [1.82, 2.24) is 4.98 Å². The van der Waals surface area contributed by atoms with Crippen LogP contribution < -0.4 is 10.6 Å². The van der Waals surface area contributed by atoms with Crippen LogP contribution in [-0.4, -0.2) is 4.98 Å². The fourth-order valence-electron chi connectivity index (χ4n) is 2.55. The van der Waals surface area contributed by atoms with Crippen molar-refractivity contribution in [1.29, 1.82) is 0 Å². The number of hydrogen-bond donors (Lipinski definition) is 1. The lowest BCUT2D eigenvalue weighted by Crippen LogP contribution is -2.08. The first-order valence-electron chi connectivity index (χ1n) is 7.84. The Labute approximate surface area is 141 Å². The van der Waals surface area contributed by atoms with Gasteiger partial charge in [-0.1, -0.05) is 42.5 Å². The highest BCUT2D eigenvalue weighted by atomic mass is 16.6. The second kappa shape index (κ2) is 7.73. The van der Waals surface area contributed by atoms with Crippen LogP contribution in [0, 0.1) is 0 Å². The van der Waals surface area contributed by atoms with E-state index in [1.54, 1.807) is 6.08 Å². The van der Waals surface area contributed by atoms with Crippen LogP contribution in [0.25, 0.3) is 10.9 Å². The largest absolute Gasteiger partial charge is 0.487 e. The zero-order chi connectivity index (χ0) is 16.8. The van der Waals surface area contributed by atoms with Crippen LogP contribution in [0.15, 0.2) is 73.3 Å². The van der Waals surface area contributed by atoms with Gasteiger partial charge in [0, 0.05) is 5.39 Å². The third kappa shape index (κ3) is 3.79. The molecule has 0 bridgehead atoms. The summed E-state index contributed by atoms with van der Waals surface area (Å²) in [6.45, 7) is 4.13. The van der Waals surface area contributed by atoms with Gasteiger partial charge in [0.05, 0.1) is 11.2 Å². The molecule has 0 aliphatic heterocycles. The van der Waals surface area contributed by atoms with Crippen molar-refractivity contribution in [2.24, 2.45) is 5.90 Å². The van der Waals surface area contributed by atoms with Crippen LogP contribution in [0.4, 0.5) is 0 Å². The van der Waals surface area contributed by atoms with E-state index >= 15 is 0 Å². The molecule has 0 fully saturated rings. The first-order chi connectivity index (χ1) is 11.8. The number of nitrogens with zero attached hydrogens (tertiary/aromatic N) is 1. The molecule has 2 aromatic carbocycles. The van der Waals surface area contributed by atoms with E-state index < -0.39 is 0 Å². The van der Waals surface area contributed by atoms with E-state index in [1.165, 1.54) is 0 Å². The lowest BCUT2D eigenvalue weighted by Gasteiger charge is -2.13. The Morgan fingerprint density at radius 1 is 1.04 bits per heavy atom. The number of rotatable bonds is 7. The Bertz CT molecular complexity index is 815. The van der Waals surface area contributed by atoms with Crippen molar-refractivity contribution in [3.63, 3.8) is 0 Å². The lowest BCUT2D eigenvalue weighted by molar-refractivity contribution is 0.0549. The van der Waals surface area contributed by atoms with Crippen LogP contribution in [0.5, 0.6) is 5.75 Å². The maximum Gasteiger partial charge on any atom is 0.130 e. The predicted octanol–water partition coefficient (Wildman–Crippen LogP) is 4.32. The zero-order valence-corrected chi connectivity index (χ0v) is 13.4. The summed E-state index contributed by atoms with van der Waals surface area (Å²) in [7, 11) is 0. The minimum absolute atomic E-state index is 0.182. The normalized spacial score (nSPS) is 12.0. The van der Waals surface area contributed by atoms with Crippen molar-refractivity contribution in [3.8, 4) is 5.75 Å². The fraction of sp³-hybridized carbons (Fsp3) is 0.150. The standard InChI is InChI=1S/C20H20N2O2/c1-2-5-20(24-21)16-9-12-18(13-10-16)23-14-17-11-8-15-6-3-4-7-19(15)22-17/h2-4,6-13,20H,1,5,14,21H2. The summed E-state index contributed by atoms with van der Waals surface area (Å²) in [4.78, 5) is 9.57. The molecule has 4 nitrogen and oxygen atoms in total. The molecular formula is C20H20N2O2. The summed E-state index contributed by atoms with van der Waals surface area (Å²) in [5.41, 5.74) is 2.86. The molecule has 24 heavy (non-hydrogen) atoms. The van der Waals surface area contributed by atoms with Gasteiger partial charge in [-0.25, -0.2) is 10.9 Å². The summed E-state index contributed by atoms with van der Waals surface area (Å²) in [5.74, 6) is 6.10. The molecule has 2 N–H and O–H groups in total. The van der Waals surface area contributed by atoms with Crippen LogP contribution in [-0.2, 0) is 11.4 Å². The average Bonchev–Trinajstić information content (AvgIpc) is 2.65. The minimum atomic E-state index is -0.182. The molecule has 0 saturated carbocycles. The van der Waals surface area contributed by atoms with Crippen LogP contribution >= 0.6 is 0 Å². The van der Waals surface area contributed by atoms with E-state index in [-0.39, 0.29) is 6.10 Å². The van der Waals surface area contributed by atoms with Crippen molar-refractivity contribution < 1.29 is 9.57 Å². The van der Waals surface area contributed by atoms with Gasteiger partial charge >= 0.3 is 0 Å². The molecule has 0 aliphatic rings. The maximum atomic E-state index is 5.81. The maximum absolute atomic E-state index is 5.81. The molecule has 4 heteroatoms. The van der Waals surface area contributed by atoms with Gasteiger partial charge in [-0.05, 0) is 36.2 Å². The van der Waals surface area contributed by atoms with Crippen molar-refractivity contribution in [2.75, 3.05) is 0 Å². The molecule has 3 aromatic rings. The first kappa shape index (κ1) is 16.2. The number of para-hydroxylation sites is 1. The first-order valence-corrected chi connectivity index (χ1v) is 7.84. The monoisotopic (exact) mass is 320 g/mol. The number of aromatic nitrogens is 1. The SMILES string of the molecule is C=CCC(ON)c1ccc(OCc2ccc3ccccc3n2)cc1. The van der Waals surface area contributed by atoms with E-state index in [9.17, 15) is 0 Å². The number of nitrogens with two attached hydrogens (primary N) is 1. The van der Waals surface area contributed by atoms with Crippen LogP contribution in [0.2, 0.25) is 0 Å². The highest BCUT2D eigenvalue weighted by Gasteiger charge is 2.09. The van der Waals surface area contributed by atoms with Gasteiger partial charge in [0.2, 0.25) is 0 Å². The summed E-state index contributed by atoms with van der Waals surface area (Å²) >= 11 is 0. The molecule has 0 radical (unpaired) electrons. The second-order valence-electron chi connectivity index (χ2n) is 5.50. The minimum Gasteiger partial charge on any atom is -0.487 e. The summed E-state index contributed by atoms with van der Waals surface area (Å²) < 4.78 is 5.81. The Balaban J connectivity index is 1.66. The van der Waals surface area contributed by atoms with E-state index in [4.69, 9.17) is 15.5 Å². The number of hydrogen-bond acceptors (Lipinski definition) is 4. The van der Waals surface area contributed by atoms with E-state index in [0.29, 0.717) is 13.0 Å². The van der Waals surface area contributed by atoms with Crippen molar-refractivity contribution in [2.45, 2.75) is 19.1 Å². The molecule has 3 rings (SSSR count).